The zero-order chi connectivity index (χ0) is 17.5. The average molecular weight is 370 g/mol. The van der Waals surface area contributed by atoms with Crippen LogP contribution in [0.3, 0.4) is 0 Å². The van der Waals surface area contributed by atoms with Gasteiger partial charge in [-0.05, 0) is 32.0 Å². The molecule has 0 radical (unpaired) electrons. The van der Waals surface area contributed by atoms with Gasteiger partial charge in [0.15, 0.2) is 11.6 Å². The summed E-state index contributed by atoms with van der Waals surface area (Å²) in [5.74, 6) is -0.610. The molecule has 0 saturated carbocycles. The predicted octanol–water partition coefficient (Wildman–Crippen LogP) is 4.25. The van der Waals surface area contributed by atoms with E-state index in [1.165, 1.54) is 17.4 Å². The zero-order valence-electron chi connectivity index (χ0n) is 13.5. The van der Waals surface area contributed by atoms with E-state index in [0.717, 1.165) is 10.4 Å². The van der Waals surface area contributed by atoms with Crippen LogP contribution in [0.15, 0.2) is 18.2 Å². The Bertz CT molecular complexity index is 803. The van der Waals surface area contributed by atoms with Crippen LogP contribution in [0.2, 0.25) is 5.02 Å². The number of halogens is 2. The van der Waals surface area contributed by atoms with E-state index in [9.17, 15) is 9.18 Å². The number of fused-ring (bicyclic) bond motifs is 3. The summed E-state index contributed by atoms with van der Waals surface area (Å²) >= 11 is 7.11. The highest BCUT2D eigenvalue weighted by atomic mass is 35.5. The molecule has 0 atom stereocenters. The molecule has 4 nitrogen and oxygen atoms in total. The van der Waals surface area contributed by atoms with Gasteiger partial charge in [0, 0.05) is 29.7 Å². The molecule has 24 heavy (non-hydrogen) atoms. The number of amides is 1. The van der Waals surface area contributed by atoms with E-state index >= 15 is 0 Å². The van der Waals surface area contributed by atoms with Crippen molar-refractivity contribution >= 4 is 28.8 Å². The largest absolute Gasteiger partial charge is 0.485 e. The number of ether oxygens (including phenoxy) is 2. The second-order valence-corrected chi connectivity index (χ2v) is 7.60. The third kappa shape index (κ3) is 3.14. The zero-order valence-corrected chi connectivity index (χ0v) is 15.1. The van der Waals surface area contributed by atoms with Crippen molar-refractivity contribution in [3.8, 4) is 16.2 Å². The molecule has 1 amide bonds. The van der Waals surface area contributed by atoms with E-state index in [2.05, 4.69) is 5.32 Å². The molecule has 1 aliphatic rings. The maximum Gasteiger partial charge on any atom is 0.261 e. The molecule has 0 saturated heterocycles. The van der Waals surface area contributed by atoms with Gasteiger partial charge in [0.1, 0.15) is 6.61 Å². The van der Waals surface area contributed by atoms with Crippen molar-refractivity contribution in [1.29, 1.82) is 0 Å². The highest BCUT2D eigenvalue weighted by molar-refractivity contribution is 7.17. The Morgan fingerprint density at radius 2 is 2.25 bits per heavy atom. The Hall–Kier alpha value is -1.63. The van der Waals surface area contributed by atoms with Crippen LogP contribution in [-0.2, 0) is 11.3 Å². The van der Waals surface area contributed by atoms with Crippen molar-refractivity contribution in [2.75, 3.05) is 13.7 Å². The topological polar surface area (TPSA) is 47.6 Å². The van der Waals surface area contributed by atoms with Crippen LogP contribution < -0.4 is 10.1 Å². The lowest BCUT2D eigenvalue weighted by Crippen LogP contribution is -2.39. The number of thiophene rings is 1. The van der Waals surface area contributed by atoms with Gasteiger partial charge in [0.25, 0.3) is 5.91 Å². The van der Waals surface area contributed by atoms with Crippen LogP contribution in [-0.4, -0.2) is 25.2 Å². The third-order valence-corrected chi connectivity index (χ3v) is 5.43. The standard InChI is InChI=1S/C17H17ClFNO3S/c1-17(2,22-3)8-20-16(21)12-6-9-7-23-14-10(15(9)24-12)4-5-11(18)13(14)19/h4-6H,7-8H2,1-3H3,(H,20,21). The van der Waals surface area contributed by atoms with E-state index in [1.54, 1.807) is 19.2 Å². The summed E-state index contributed by atoms with van der Waals surface area (Å²) in [5, 5.41) is 2.88. The van der Waals surface area contributed by atoms with E-state index in [0.29, 0.717) is 17.0 Å². The summed E-state index contributed by atoms with van der Waals surface area (Å²) in [6, 6.07) is 4.99. The highest BCUT2D eigenvalue weighted by Crippen LogP contribution is 2.45. The van der Waals surface area contributed by atoms with Gasteiger partial charge >= 0.3 is 0 Å². The van der Waals surface area contributed by atoms with Crippen molar-refractivity contribution in [3.63, 3.8) is 0 Å². The van der Waals surface area contributed by atoms with Crippen molar-refractivity contribution in [3.05, 3.63) is 39.5 Å². The number of carbonyl (C=O) groups is 1. The first-order chi connectivity index (χ1) is 11.3. The van der Waals surface area contributed by atoms with Crippen LogP contribution >= 0.6 is 22.9 Å². The normalized spacial score (nSPS) is 13.0. The summed E-state index contributed by atoms with van der Waals surface area (Å²) in [5.41, 5.74) is 1.05. The lowest BCUT2D eigenvalue weighted by molar-refractivity contribution is 0.0229. The smallest absolute Gasteiger partial charge is 0.261 e. The van der Waals surface area contributed by atoms with Gasteiger partial charge in [-0.1, -0.05) is 11.6 Å². The van der Waals surface area contributed by atoms with E-state index < -0.39 is 11.4 Å². The molecule has 0 unspecified atom stereocenters. The number of rotatable bonds is 4. The minimum atomic E-state index is -0.568. The Morgan fingerprint density at radius 3 is 2.96 bits per heavy atom. The molecule has 7 heteroatoms. The minimum Gasteiger partial charge on any atom is -0.485 e. The number of nitrogens with one attached hydrogen (secondary N) is 1. The van der Waals surface area contributed by atoms with Crippen LogP contribution in [0.5, 0.6) is 5.75 Å². The van der Waals surface area contributed by atoms with Gasteiger partial charge in [-0.2, -0.15) is 0 Å². The molecule has 2 aromatic rings. The van der Waals surface area contributed by atoms with Crippen molar-refractivity contribution < 1.29 is 18.7 Å². The Kier molecular flexibility index (Phi) is 4.55. The summed E-state index contributed by atoms with van der Waals surface area (Å²) < 4.78 is 24.9. The van der Waals surface area contributed by atoms with E-state index in [-0.39, 0.29) is 23.3 Å². The quantitative estimate of drug-likeness (QED) is 0.876. The first-order valence-corrected chi connectivity index (χ1v) is 8.59. The molecule has 1 N–H and O–H groups in total. The van der Waals surface area contributed by atoms with Gasteiger partial charge in [-0.3, -0.25) is 4.79 Å². The van der Waals surface area contributed by atoms with Gasteiger partial charge in [-0.15, -0.1) is 11.3 Å². The molecule has 128 valence electrons. The van der Waals surface area contributed by atoms with Crippen LogP contribution in [0.1, 0.15) is 29.1 Å². The summed E-state index contributed by atoms with van der Waals surface area (Å²) in [4.78, 5) is 13.8. The second kappa shape index (κ2) is 6.35. The van der Waals surface area contributed by atoms with E-state index in [1.807, 2.05) is 13.8 Å². The first-order valence-electron chi connectivity index (χ1n) is 7.39. The third-order valence-electron chi connectivity index (χ3n) is 3.93. The number of methoxy groups -OCH3 is 1. The molecule has 0 spiro atoms. The van der Waals surface area contributed by atoms with Crippen molar-refractivity contribution in [2.45, 2.75) is 26.1 Å². The predicted molar refractivity (Wildman–Crippen MR) is 92.5 cm³/mol. The fourth-order valence-corrected chi connectivity index (χ4v) is 3.58. The van der Waals surface area contributed by atoms with Crippen LogP contribution in [0.25, 0.3) is 10.4 Å². The first kappa shape index (κ1) is 17.2. The SMILES string of the molecule is COC(C)(C)CNC(=O)c1cc2c(s1)-c1ccc(Cl)c(F)c1OC2. The molecule has 0 bridgehead atoms. The lowest BCUT2D eigenvalue weighted by Gasteiger charge is -2.22. The summed E-state index contributed by atoms with van der Waals surface area (Å²) in [7, 11) is 1.60. The second-order valence-electron chi connectivity index (χ2n) is 6.14. The molecule has 0 fully saturated rings. The maximum atomic E-state index is 14.1. The molecular weight excluding hydrogens is 353 g/mol. The fraction of sp³-hybridized carbons (Fsp3) is 0.353. The highest BCUT2D eigenvalue weighted by Gasteiger charge is 2.26. The lowest BCUT2D eigenvalue weighted by atomic mass is 10.1. The molecule has 3 rings (SSSR count). The molecule has 1 aromatic heterocycles. The van der Waals surface area contributed by atoms with E-state index in [4.69, 9.17) is 21.1 Å². The van der Waals surface area contributed by atoms with Crippen LogP contribution in [0, 0.1) is 5.82 Å². The Morgan fingerprint density at radius 1 is 1.50 bits per heavy atom. The van der Waals surface area contributed by atoms with Gasteiger partial charge < -0.3 is 14.8 Å². The Labute approximate surface area is 148 Å². The molecule has 1 aliphatic heterocycles. The van der Waals surface area contributed by atoms with Crippen molar-refractivity contribution in [1.82, 2.24) is 5.32 Å². The van der Waals surface area contributed by atoms with Crippen LogP contribution in [0.4, 0.5) is 4.39 Å². The summed E-state index contributed by atoms with van der Waals surface area (Å²) in [6.07, 6.45) is 0. The van der Waals surface area contributed by atoms with Gasteiger partial charge in [0.05, 0.1) is 15.5 Å². The van der Waals surface area contributed by atoms with Gasteiger partial charge in [0.2, 0.25) is 0 Å². The average Bonchev–Trinajstić information content (AvgIpc) is 3.00. The van der Waals surface area contributed by atoms with Crippen molar-refractivity contribution in [2.24, 2.45) is 0 Å². The number of hydrogen-bond donors (Lipinski definition) is 1. The fourth-order valence-electron chi connectivity index (χ4n) is 2.33. The molecule has 2 heterocycles. The summed E-state index contributed by atoms with van der Waals surface area (Å²) in [6.45, 7) is 4.39. The maximum absolute atomic E-state index is 14.1. The molecule has 0 aliphatic carbocycles. The van der Waals surface area contributed by atoms with Gasteiger partial charge in [-0.25, -0.2) is 4.39 Å². The Balaban J connectivity index is 1.87. The molecular formula is C17H17ClFNO3S. The number of hydrogen-bond acceptors (Lipinski definition) is 4. The number of carbonyl (C=O) groups excluding carboxylic acids is 1. The monoisotopic (exact) mass is 369 g/mol. The number of benzene rings is 1. The molecule has 1 aromatic carbocycles. The minimum absolute atomic E-state index is 0.0218.